The van der Waals surface area contributed by atoms with Crippen molar-refractivity contribution in [3.8, 4) is 23.0 Å². The highest BCUT2D eigenvalue weighted by Crippen LogP contribution is 2.43. The summed E-state index contributed by atoms with van der Waals surface area (Å²) in [6.07, 6.45) is 1.49. The Morgan fingerprint density at radius 2 is 1.34 bits per heavy atom. The number of rotatable bonds is 14. The molecule has 216 valence electrons. The fourth-order valence-electron chi connectivity index (χ4n) is 4.33. The molecule has 0 radical (unpaired) electrons. The molecular formula is C29H26F2O8S2. The van der Waals surface area contributed by atoms with E-state index in [1.165, 1.54) is 31.6 Å². The molecule has 1 N–H and O–H groups in total. The summed E-state index contributed by atoms with van der Waals surface area (Å²) in [7, 11) is 2.77. The van der Waals surface area contributed by atoms with Crippen LogP contribution in [0.1, 0.15) is 51.4 Å². The van der Waals surface area contributed by atoms with E-state index >= 15 is 8.78 Å². The predicted octanol–water partition coefficient (Wildman–Crippen LogP) is 6.90. The van der Waals surface area contributed by atoms with Crippen LogP contribution in [0.15, 0.2) is 24.3 Å². The van der Waals surface area contributed by atoms with Gasteiger partial charge in [0, 0.05) is 51.1 Å². The van der Waals surface area contributed by atoms with Gasteiger partial charge in [0.2, 0.25) is 0 Å². The van der Waals surface area contributed by atoms with Crippen molar-refractivity contribution in [3.05, 3.63) is 45.7 Å². The molecule has 0 atom stereocenters. The summed E-state index contributed by atoms with van der Waals surface area (Å²) >= 11 is 2.28. The molecule has 2 aromatic heterocycles. The molecule has 0 saturated heterocycles. The van der Waals surface area contributed by atoms with Crippen molar-refractivity contribution in [2.45, 2.75) is 32.1 Å². The average molecular weight is 605 g/mol. The second kappa shape index (κ2) is 12.0. The van der Waals surface area contributed by atoms with E-state index < -0.39 is 17.6 Å². The first-order chi connectivity index (χ1) is 19.7. The average Bonchev–Trinajstić information content (AvgIpc) is 3.57. The number of benzene rings is 2. The monoisotopic (exact) mass is 604 g/mol. The van der Waals surface area contributed by atoms with Crippen LogP contribution in [0.25, 0.3) is 20.2 Å². The Hall–Kier alpha value is -3.77. The minimum absolute atomic E-state index is 0.0119. The largest absolute Gasteiger partial charge is 0.493 e. The third-order valence-corrected chi connectivity index (χ3v) is 8.84. The summed E-state index contributed by atoms with van der Waals surface area (Å²) in [5.74, 6) is -2.62. The van der Waals surface area contributed by atoms with E-state index in [2.05, 4.69) is 0 Å². The number of carbonyl (C=O) groups excluding carboxylic acids is 2. The minimum Gasteiger partial charge on any atom is -0.493 e. The molecule has 0 unspecified atom stereocenters. The third-order valence-electron chi connectivity index (χ3n) is 6.62. The maximum absolute atomic E-state index is 15.4. The molecule has 5 rings (SSSR count). The highest BCUT2D eigenvalue weighted by molar-refractivity contribution is 7.21. The molecule has 0 amide bonds. The number of methoxy groups -OCH3 is 2. The number of Topliss-reactive ketones (excluding diaryl/α,β-unsaturated/α-hetero) is 2. The highest BCUT2D eigenvalue weighted by atomic mass is 32.1. The lowest BCUT2D eigenvalue weighted by Gasteiger charge is -2.14. The van der Waals surface area contributed by atoms with Gasteiger partial charge >= 0.3 is 5.97 Å². The van der Waals surface area contributed by atoms with Crippen molar-refractivity contribution < 1.29 is 47.2 Å². The Kier molecular flexibility index (Phi) is 8.41. The Labute approximate surface area is 241 Å². The van der Waals surface area contributed by atoms with Gasteiger partial charge in [0.1, 0.15) is 0 Å². The molecule has 41 heavy (non-hydrogen) atoms. The van der Waals surface area contributed by atoms with Crippen molar-refractivity contribution in [3.63, 3.8) is 0 Å². The zero-order valence-electron chi connectivity index (χ0n) is 22.2. The van der Waals surface area contributed by atoms with E-state index in [0.717, 1.165) is 24.2 Å². The Morgan fingerprint density at radius 3 is 1.83 bits per heavy atom. The number of ether oxygens (including phenoxy) is 4. The normalized spacial score (nSPS) is 13.0. The van der Waals surface area contributed by atoms with Crippen molar-refractivity contribution in [1.82, 2.24) is 0 Å². The molecular weight excluding hydrogens is 578 g/mol. The first-order valence-electron chi connectivity index (χ1n) is 12.9. The van der Waals surface area contributed by atoms with Gasteiger partial charge in [-0.3, -0.25) is 14.4 Å². The third kappa shape index (κ3) is 5.98. The van der Waals surface area contributed by atoms with Gasteiger partial charge in [-0.05, 0) is 25.0 Å². The van der Waals surface area contributed by atoms with E-state index in [1.807, 2.05) is 0 Å². The maximum atomic E-state index is 15.4. The van der Waals surface area contributed by atoms with Crippen molar-refractivity contribution in [2.24, 2.45) is 5.92 Å². The molecule has 1 fully saturated rings. The van der Waals surface area contributed by atoms with Gasteiger partial charge in [0.25, 0.3) is 0 Å². The molecule has 1 saturated carbocycles. The van der Waals surface area contributed by atoms with Crippen LogP contribution in [0.5, 0.6) is 23.0 Å². The van der Waals surface area contributed by atoms with Crippen molar-refractivity contribution >= 4 is 60.4 Å². The van der Waals surface area contributed by atoms with Crippen molar-refractivity contribution in [2.75, 3.05) is 27.4 Å². The first kappa shape index (κ1) is 28.7. The number of hydrogen-bond donors (Lipinski definition) is 1. The number of fused-ring (bicyclic) bond motifs is 2. The first-order valence-corrected chi connectivity index (χ1v) is 14.5. The fraction of sp³-hybridized carbons (Fsp3) is 0.345. The lowest BCUT2D eigenvalue weighted by molar-refractivity contribution is -0.136. The van der Waals surface area contributed by atoms with Crippen LogP contribution in [0.4, 0.5) is 8.78 Å². The summed E-state index contributed by atoms with van der Waals surface area (Å²) < 4.78 is 53.8. The van der Waals surface area contributed by atoms with E-state index in [1.54, 1.807) is 18.2 Å². The number of carbonyl (C=O) groups is 3. The van der Waals surface area contributed by atoms with E-state index in [0.29, 0.717) is 19.7 Å². The summed E-state index contributed by atoms with van der Waals surface area (Å²) in [5, 5.41) is 9.27. The lowest BCUT2D eigenvalue weighted by Crippen LogP contribution is -2.08. The smallest absolute Gasteiger partial charge is 0.303 e. The predicted molar refractivity (Wildman–Crippen MR) is 151 cm³/mol. The number of carboxylic acids is 1. The number of carboxylic acid groups (broad SMARTS) is 1. The van der Waals surface area contributed by atoms with Crippen LogP contribution in [0.2, 0.25) is 0 Å². The quantitative estimate of drug-likeness (QED) is 0.122. The standard InChI is InChI=1S/C29H26F2O8S2/c1-36-18-12-20-15(10-22(40-20)17(32)6-7-24(33)34)25(30)28(18)38-8-3-9-39-29-19(37-2)13-21-16(26(29)31)11-23(41-21)27(35)14-4-5-14/h10-14H,3-9H2,1-2H3,(H,33,34). The number of halogens is 2. The SMILES string of the molecule is COc1cc2sc(C(=O)CCC(=O)O)cc2c(F)c1OCCCOc1c(OC)cc2sc(C(=O)C3CC3)cc2c1F. The molecule has 0 bridgehead atoms. The maximum Gasteiger partial charge on any atom is 0.303 e. The molecule has 4 aromatic rings. The van der Waals surface area contributed by atoms with E-state index in [4.69, 9.17) is 24.1 Å². The number of ketones is 2. The number of thiophene rings is 2. The lowest BCUT2D eigenvalue weighted by atomic mass is 10.1. The van der Waals surface area contributed by atoms with Gasteiger partial charge in [-0.1, -0.05) is 0 Å². The minimum atomic E-state index is -1.09. The van der Waals surface area contributed by atoms with Crippen LogP contribution in [-0.4, -0.2) is 50.1 Å². The number of aliphatic carboxylic acids is 1. The second-order valence-electron chi connectivity index (χ2n) is 9.49. The zero-order chi connectivity index (χ0) is 29.3. The molecule has 1 aliphatic rings. The highest BCUT2D eigenvalue weighted by Gasteiger charge is 2.32. The van der Waals surface area contributed by atoms with Gasteiger partial charge in [0.15, 0.2) is 46.2 Å². The van der Waals surface area contributed by atoms with E-state index in [-0.39, 0.29) is 83.2 Å². The van der Waals surface area contributed by atoms with Crippen LogP contribution >= 0.6 is 22.7 Å². The van der Waals surface area contributed by atoms with Crippen LogP contribution in [0.3, 0.4) is 0 Å². The molecule has 12 heteroatoms. The Morgan fingerprint density at radius 1 is 0.829 bits per heavy atom. The molecule has 8 nitrogen and oxygen atoms in total. The summed E-state index contributed by atoms with van der Waals surface area (Å²) in [6, 6.07) is 6.15. The van der Waals surface area contributed by atoms with Gasteiger partial charge in [-0.15, -0.1) is 22.7 Å². The van der Waals surface area contributed by atoms with Crippen LogP contribution in [0, 0.1) is 17.6 Å². The molecule has 1 aliphatic carbocycles. The summed E-state index contributed by atoms with van der Waals surface area (Å²) in [4.78, 5) is 36.3. The molecule has 0 aliphatic heterocycles. The number of hydrogen-bond acceptors (Lipinski definition) is 9. The molecule has 2 aromatic carbocycles. The van der Waals surface area contributed by atoms with Crippen molar-refractivity contribution in [1.29, 1.82) is 0 Å². The Balaban J connectivity index is 1.25. The van der Waals surface area contributed by atoms with Crippen LogP contribution < -0.4 is 18.9 Å². The van der Waals surface area contributed by atoms with Gasteiger partial charge in [-0.25, -0.2) is 8.78 Å². The summed E-state index contributed by atoms with van der Waals surface area (Å²) in [5.41, 5.74) is 0. The fourth-order valence-corrected chi connectivity index (χ4v) is 6.49. The second-order valence-corrected chi connectivity index (χ2v) is 11.7. The van der Waals surface area contributed by atoms with Gasteiger partial charge < -0.3 is 24.1 Å². The van der Waals surface area contributed by atoms with Crippen LogP contribution in [-0.2, 0) is 4.79 Å². The van der Waals surface area contributed by atoms with Gasteiger partial charge in [0.05, 0.1) is 43.6 Å². The Bertz CT molecular complexity index is 1650. The molecule has 0 spiro atoms. The van der Waals surface area contributed by atoms with E-state index in [9.17, 15) is 14.4 Å². The summed E-state index contributed by atoms with van der Waals surface area (Å²) in [6.45, 7) is 0.0433. The topological polar surface area (TPSA) is 108 Å². The van der Waals surface area contributed by atoms with Gasteiger partial charge in [-0.2, -0.15) is 0 Å². The molecule has 2 heterocycles. The zero-order valence-corrected chi connectivity index (χ0v) is 23.8.